The molecule has 10 heavy (non-hydrogen) atoms. The fraction of sp³-hybridized carbons (Fsp3) is 0.429. The summed E-state index contributed by atoms with van der Waals surface area (Å²) < 4.78 is 0. The molecule has 0 radical (unpaired) electrons. The van der Waals surface area contributed by atoms with Crippen LogP contribution in [-0.2, 0) is 9.59 Å². The molecular formula is C7H9NO2. The highest BCUT2D eigenvalue weighted by atomic mass is 16.2. The molecular weight excluding hydrogens is 130 g/mol. The Hall–Kier alpha value is -1.12. The highest BCUT2D eigenvalue weighted by molar-refractivity contribution is 6.04. The number of carbonyl (C=O) groups is 2. The van der Waals surface area contributed by atoms with Crippen molar-refractivity contribution < 1.29 is 9.59 Å². The third-order valence-corrected chi connectivity index (χ3v) is 1.58. The first-order valence-electron chi connectivity index (χ1n) is 3.12. The lowest BCUT2D eigenvalue weighted by Crippen LogP contribution is -2.38. The van der Waals surface area contributed by atoms with E-state index in [1.807, 2.05) is 0 Å². The molecule has 0 aliphatic carbocycles. The monoisotopic (exact) mass is 139 g/mol. The zero-order valence-electron chi connectivity index (χ0n) is 6.00. The Bertz CT molecular complexity index is 208. The summed E-state index contributed by atoms with van der Waals surface area (Å²) in [5.41, 5.74) is 0. The van der Waals surface area contributed by atoms with Crippen molar-refractivity contribution in [2.75, 3.05) is 7.05 Å². The predicted octanol–water partition coefficient (Wildman–Crippen LogP) is 0.177. The average molecular weight is 139 g/mol. The van der Waals surface area contributed by atoms with E-state index < -0.39 is 0 Å². The predicted molar refractivity (Wildman–Crippen MR) is 36.1 cm³/mol. The van der Waals surface area contributed by atoms with Crippen LogP contribution >= 0.6 is 0 Å². The van der Waals surface area contributed by atoms with E-state index in [1.165, 1.54) is 13.1 Å². The first kappa shape index (κ1) is 6.99. The summed E-state index contributed by atoms with van der Waals surface area (Å²) in [5.74, 6) is -0.515. The molecule has 1 atom stereocenters. The van der Waals surface area contributed by atoms with Gasteiger partial charge in [-0.2, -0.15) is 0 Å². The Labute approximate surface area is 59.3 Å². The van der Waals surface area contributed by atoms with Crippen molar-refractivity contribution in [2.45, 2.75) is 6.92 Å². The largest absolute Gasteiger partial charge is 0.282 e. The summed E-state index contributed by atoms with van der Waals surface area (Å²) in [6, 6.07) is 0. The van der Waals surface area contributed by atoms with Gasteiger partial charge in [0.1, 0.15) is 0 Å². The molecule has 0 aromatic heterocycles. The minimum atomic E-state index is -0.233. The Balaban J connectivity index is 2.89. The number of likely N-dealkylation sites (N-methyl/N-ethyl adjacent to an activating group) is 1. The van der Waals surface area contributed by atoms with Gasteiger partial charge in [0.15, 0.2) is 0 Å². The molecule has 1 unspecified atom stereocenters. The Morgan fingerprint density at radius 3 is 2.60 bits per heavy atom. The van der Waals surface area contributed by atoms with Gasteiger partial charge in [-0.3, -0.25) is 14.5 Å². The molecule has 1 rings (SSSR count). The maximum absolute atomic E-state index is 11.0. The molecule has 0 aromatic carbocycles. The molecule has 3 nitrogen and oxygen atoms in total. The topological polar surface area (TPSA) is 37.4 Å². The number of carbonyl (C=O) groups excluding carboxylic acids is 2. The van der Waals surface area contributed by atoms with Crippen molar-refractivity contribution in [1.29, 1.82) is 0 Å². The van der Waals surface area contributed by atoms with Gasteiger partial charge in [-0.15, -0.1) is 0 Å². The molecule has 1 aliphatic rings. The molecule has 0 spiro atoms. The van der Waals surface area contributed by atoms with Crippen LogP contribution < -0.4 is 0 Å². The Morgan fingerprint density at radius 1 is 1.50 bits per heavy atom. The van der Waals surface area contributed by atoms with Gasteiger partial charge in [0.05, 0.1) is 5.92 Å². The highest BCUT2D eigenvalue weighted by Gasteiger charge is 2.23. The van der Waals surface area contributed by atoms with Crippen molar-refractivity contribution in [1.82, 2.24) is 4.90 Å². The smallest absolute Gasteiger partial charge is 0.252 e. The van der Waals surface area contributed by atoms with Crippen LogP contribution in [0.25, 0.3) is 0 Å². The van der Waals surface area contributed by atoms with Gasteiger partial charge in [0.25, 0.3) is 5.91 Å². The lowest BCUT2D eigenvalue weighted by Gasteiger charge is -2.19. The molecule has 1 aliphatic heterocycles. The van der Waals surface area contributed by atoms with Crippen LogP contribution in [0.4, 0.5) is 0 Å². The molecule has 3 heteroatoms. The quantitative estimate of drug-likeness (QED) is 0.449. The maximum atomic E-state index is 11.0. The zero-order valence-corrected chi connectivity index (χ0v) is 6.00. The number of hydrogen-bond acceptors (Lipinski definition) is 2. The lowest BCUT2D eigenvalue weighted by molar-refractivity contribution is -0.142. The van der Waals surface area contributed by atoms with Crippen LogP contribution in [0.5, 0.6) is 0 Å². The van der Waals surface area contributed by atoms with E-state index in [1.54, 1.807) is 13.0 Å². The Morgan fingerprint density at radius 2 is 2.10 bits per heavy atom. The van der Waals surface area contributed by atoms with Gasteiger partial charge >= 0.3 is 0 Å². The van der Waals surface area contributed by atoms with Gasteiger partial charge in [0, 0.05) is 13.1 Å². The van der Waals surface area contributed by atoms with Crippen LogP contribution in [-0.4, -0.2) is 23.8 Å². The second-order valence-electron chi connectivity index (χ2n) is 2.38. The van der Waals surface area contributed by atoms with Crippen LogP contribution in [0.3, 0.4) is 0 Å². The van der Waals surface area contributed by atoms with Crippen molar-refractivity contribution in [3.05, 3.63) is 12.2 Å². The van der Waals surface area contributed by atoms with Gasteiger partial charge < -0.3 is 0 Å². The van der Waals surface area contributed by atoms with Crippen molar-refractivity contribution in [3.8, 4) is 0 Å². The minimum absolute atomic E-state index is 0.132. The zero-order chi connectivity index (χ0) is 7.72. The molecule has 2 amide bonds. The molecule has 0 N–H and O–H groups in total. The van der Waals surface area contributed by atoms with Crippen LogP contribution in [0.15, 0.2) is 12.2 Å². The first-order valence-corrected chi connectivity index (χ1v) is 3.12. The number of nitrogens with zero attached hydrogens (tertiary/aromatic N) is 1. The third-order valence-electron chi connectivity index (χ3n) is 1.58. The fourth-order valence-corrected chi connectivity index (χ4v) is 0.835. The minimum Gasteiger partial charge on any atom is -0.282 e. The van der Waals surface area contributed by atoms with Crippen LogP contribution in [0.2, 0.25) is 0 Å². The standard InChI is InChI=1S/C7H9NO2/c1-5-3-4-6(9)8(2)7(5)10/h3-5H,1-2H3. The molecule has 54 valence electrons. The molecule has 0 fully saturated rings. The van der Waals surface area contributed by atoms with Gasteiger partial charge in [-0.1, -0.05) is 13.0 Å². The van der Waals surface area contributed by atoms with Crippen molar-refractivity contribution in [2.24, 2.45) is 5.92 Å². The number of rotatable bonds is 0. The van der Waals surface area contributed by atoms with Gasteiger partial charge in [0.2, 0.25) is 5.91 Å². The first-order chi connectivity index (χ1) is 4.63. The van der Waals surface area contributed by atoms with E-state index in [4.69, 9.17) is 0 Å². The average Bonchev–Trinajstić information content (AvgIpc) is 1.93. The van der Waals surface area contributed by atoms with Gasteiger partial charge in [-0.05, 0) is 0 Å². The normalized spacial score (nSPS) is 25.8. The number of imide groups is 1. The van der Waals surface area contributed by atoms with E-state index >= 15 is 0 Å². The highest BCUT2D eigenvalue weighted by Crippen LogP contribution is 2.08. The maximum Gasteiger partial charge on any atom is 0.252 e. The van der Waals surface area contributed by atoms with E-state index in [2.05, 4.69) is 0 Å². The van der Waals surface area contributed by atoms with E-state index in [9.17, 15) is 9.59 Å². The number of amides is 2. The third kappa shape index (κ3) is 0.943. The van der Waals surface area contributed by atoms with Gasteiger partial charge in [-0.25, -0.2) is 0 Å². The number of hydrogen-bond donors (Lipinski definition) is 0. The second kappa shape index (κ2) is 2.25. The SMILES string of the molecule is CC1C=CC(=O)N(C)C1=O. The fourth-order valence-electron chi connectivity index (χ4n) is 0.835. The molecule has 0 bridgehead atoms. The summed E-state index contributed by atoms with van der Waals surface area (Å²) in [6.45, 7) is 1.77. The molecule has 0 aromatic rings. The lowest BCUT2D eigenvalue weighted by atomic mass is 10.1. The Kier molecular flexibility index (Phi) is 1.57. The molecule has 1 heterocycles. The van der Waals surface area contributed by atoms with Crippen LogP contribution in [0, 0.1) is 5.92 Å². The van der Waals surface area contributed by atoms with Crippen molar-refractivity contribution in [3.63, 3.8) is 0 Å². The van der Waals surface area contributed by atoms with E-state index in [0.29, 0.717) is 0 Å². The summed E-state index contributed by atoms with van der Waals surface area (Å²) in [7, 11) is 1.49. The van der Waals surface area contributed by atoms with E-state index in [-0.39, 0.29) is 17.7 Å². The summed E-state index contributed by atoms with van der Waals surface area (Å²) in [6.07, 6.45) is 3.04. The second-order valence-corrected chi connectivity index (χ2v) is 2.38. The van der Waals surface area contributed by atoms with Crippen LogP contribution in [0.1, 0.15) is 6.92 Å². The van der Waals surface area contributed by atoms with E-state index in [0.717, 1.165) is 4.90 Å². The summed E-state index contributed by atoms with van der Waals surface area (Å²) in [4.78, 5) is 22.9. The summed E-state index contributed by atoms with van der Waals surface area (Å²) in [5, 5.41) is 0. The summed E-state index contributed by atoms with van der Waals surface area (Å²) >= 11 is 0. The molecule has 0 saturated carbocycles. The molecule has 0 saturated heterocycles. The van der Waals surface area contributed by atoms with Crippen molar-refractivity contribution >= 4 is 11.8 Å².